The normalized spacial score (nSPS) is 11.8. The van der Waals surface area contributed by atoms with Gasteiger partial charge in [0, 0.05) is 20.1 Å². The summed E-state index contributed by atoms with van der Waals surface area (Å²) in [6, 6.07) is 22.1. The maximum Gasteiger partial charge on any atom is 0.416 e. The Kier molecular flexibility index (Phi) is 8.27. The molecule has 0 saturated carbocycles. The van der Waals surface area contributed by atoms with Crippen LogP contribution >= 0.6 is 31.9 Å². The number of para-hydroxylation sites is 1. The van der Waals surface area contributed by atoms with Gasteiger partial charge in [0.1, 0.15) is 6.61 Å². The van der Waals surface area contributed by atoms with E-state index in [4.69, 9.17) is 9.47 Å². The van der Waals surface area contributed by atoms with Gasteiger partial charge in [-0.2, -0.15) is 22.9 Å². The fourth-order valence-electron chi connectivity index (χ4n) is 4.05. The highest BCUT2D eigenvalue weighted by Crippen LogP contribution is 2.32. The first-order valence-electron chi connectivity index (χ1n) is 12.1. The molecule has 41 heavy (non-hydrogen) atoms. The zero-order chi connectivity index (χ0) is 29.1. The standard InChI is InChI=1S/C30H20Br2F3N3O3/c1-40-27-13-18(9-12-26(27)41-17-20-10-11-22(31)15-24(20)32)16-36-38-28(19-5-4-6-21(14-19)30(33,34)35)37-25-8-3-2-7-23(25)29(38)39/h2-16H,17H2,1H3. The highest BCUT2D eigenvalue weighted by atomic mass is 79.9. The maximum absolute atomic E-state index is 13.4. The summed E-state index contributed by atoms with van der Waals surface area (Å²) >= 11 is 6.95. The van der Waals surface area contributed by atoms with Crippen molar-refractivity contribution in [3.8, 4) is 22.9 Å². The molecule has 1 heterocycles. The fourth-order valence-corrected chi connectivity index (χ4v) is 5.22. The van der Waals surface area contributed by atoms with Crippen molar-refractivity contribution in [1.29, 1.82) is 0 Å². The Hall–Kier alpha value is -3.96. The minimum absolute atomic E-state index is 0.0250. The molecule has 0 unspecified atom stereocenters. The molecule has 5 aromatic rings. The molecular weight excluding hydrogens is 667 g/mol. The Morgan fingerprint density at radius 2 is 1.76 bits per heavy atom. The van der Waals surface area contributed by atoms with Crippen LogP contribution in [-0.2, 0) is 12.8 Å². The number of rotatable bonds is 7. The van der Waals surface area contributed by atoms with Crippen LogP contribution in [0.25, 0.3) is 22.3 Å². The zero-order valence-corrected chi connectivity index (χ0v) is 24.5. The summed E-state index contributed by atoms with van der Waals surface area (Å²) in [6.07, 6.45) is -3.15. The van der Waals surface area contributed by atoms with E-state index in [0.717, 1.165) is 31.3 Å². The van der Waals surface area contributed by atoms with E-state index in [0.29, 0.717) is 22.6 Å². The molecular formula is C30H20Br2F3N3O3. The molecule has 0 N–H and O–H groups in total. The van der Waals surface area contributed by atoms with Gasteiger partial charge < -0.3 is 9.47 Å². The van der Waals surface area contributed by atoms with Gasteiger partial charge in [0.2, 0.25) is 0 Å². The predicted octanol–water partition coefficient (Wildman–Crippen LogP) is 8.08. The number of benzene rings is 4. The van der Waals surface area contributed by atoms with Gasteiger partial charge in [-0.05, 0) is 60.2 Å². The molecule has 0 spiro atoms. The molecule has 0 fully saturated rings. The minimum Gasteiger partial charge on any atom is -0.493 e. The molecule has 1 aromatic heterocycles. The molecule has 0 amide bonds. The van der Waals surface area contributed by atoms with Crippen molar-refractivity contribution in [2.75, 3.05) is 7.11 Å². The molecule has 0 aliphatic heterocycles. The predicted molar refractivity (Wildman–Crippen MR) is 159 cm³/mol. The van der Waals surface area contributed by atoms with Gasteiger partial charge in [-0.3, -0.25) is 4.79 Å². The average molecular weight is 687 g/mol. The monoisotopic (exact) mass is 685 g/mol. The van der Waals surface area contributed by atoms with E-state index in [-0.39, 0.29) is 23.4 Å². The largest absolute Gasteiger partial charge is 0.493 e. The number of aromatic nitrogens is 2. The topological polar surface area (TPSA) is 65.7 Å². The Labute approximate surface area is 249 Å². The van der Waals surface area contributed by atoms with Crippen LogP contribution in [0.5, 0.6) is 11.5 Å². The minimum atomic E-state index is -4.56. The van der Waals surface area contributed by atoms with Crippen molar-refractivity contribution in [2.45, 2.75) is 12.8 Å². The van der Waals surface area contributed by atoms with Crippen molar-refractivity contribution in [2.24, 2.45) is 5.10 Å². The summed E-state index contributed by atoms with van der Waals surface area (Å²) in [5, 5.41) is 4.62. The number of nitrogens with zero attached hydrogens (tertiary/aromatic N) is 3. The van der Waals surface area contributed by atoms with E-state index in [9.17, 15) is 18.0 Å². The molecule has 0 aliphatic carbocycles. The van der Waals surface area contributed by atoms with Crippen molar-refractivity contribution in [3.63, 3.8) is 0 Å². The van der Waals surface area contributed by atoms with Crippen LogP contribution in [0.1, 0.15) is 16.7 Å². The highest BCUT2D eigenvalue weighted by Gasteiger charge is 2.31. The quantitative estimate of drug-likeness (QED) is 0.163. The van der Waals surface area contributed by atoms with Gasteiger partial charge in [0.15, 0.2) is 17.3 Å². The third-order valence-corrected chi connectivity index (χ3v) is 7.34. The lowest BCUT2D eigenvalue weighted by atomic mass is 10.1. The third kappa shape index (κ3) is 6.36. The molecule has 208 valence electrons. The summed E-state index contributed by atoms with van der Waals surface area (Å²) < 4.78 is 54.6. The van der Waals surface area contributed by atoms with Crippen LogP contribution in [0.4, 0.5) is 13.2 Å². The first kappa shape index (κ1) is 28.6. The summed E-state index contributed by atoms with van der Waals surface area (Å²) in [5.74, 6) is 0.904. The third-order valence-electron chi connectivity index (χ3n) is 6.11. The molecule has 0 radical (unpaired) electrons. The second kappa shape index (κ2) is 11.9. The van der Waals surface area contributed by atoms with Crippen LogP contribution in [0.15, 0.2) is 104 Å². The van der Waals surface area contributed by atoms with Crippen LogP contribution in [0.3, 0.4) is 0 Å². The zero-order valence-electron chi connectivity index (χ0n) is 21.3. The van der Waals surface area contributed by atoms with E-state index in [1.165, 1.54) is 25.5 Å². The Morgan fingerprint density at radius 1 is 0.951 bits per heavy atom. The van der Waals surface area contributed by atoms with Gasteiger partial charge in [0.25, 0.3) is 5.56 Å². The summed E-state index contributed by atoms with van der Waals surface area (Å²) in [6.45, 7) is 0.288. The Balaban J connectivity index is 1.51. The first-order chi connectivity index (χ1) is 19.6. The van der Waals surface area contributed by atoms with Crippen molar-refractivity contribution >= 4 is 49.0 Å². The van der Waals surface area contributed by atoms with Gasteiger partial charge in [0.05, 0.1) is 29.8 Å². The molecule has 0 saturated heterocycles. The fraction of sp³-hybridized carbons (Fsp3) is 0.100. The van der Waals surface area contributed by atoms with E-state index in [1.807, 2.05) is 18.2 Å². The molecule has 0 aliphatic rings. The molecule has 5 rings (SSSR count). The van der Waals surface area contributed by atoms with Gasteiger partial charge in [-0.1, -0.05) is 62.2 Å². The number of alkyl halides is 3. The number of fused-ring (bicyclic) bond motifs is 1. The number of hydrogen-bond acceptors (Lipinski definition) is 5. The second-order valence-electron chi connectivity index (χ2n) is 8.83. The molecule has 0 bridgehead atoms. The van der Waals surface area contributed by atoms with Crippen LogP contribution < -0.4 is 15.0 Å². The van der Waals surface area contributed by atoms with Crippen LogP contribution in [0.2, 0.25) is 0 Å². The van der Waals surface area contributed by atoms with Crippen molar-refractivity contribution < 1.29 is 22.6 Å². The van der Waals surface area contributed by atoms with Gasteiger partial charge in [-0.15, -0.1) is 0 Å². The number of methoxy groups -OCH3 is 1. The van der Waals surface area contributed by atoms with E-state index in [1.54, 1.807) is 42.5 Å². The lowest BCUT2D eigenvalue weighted by Gasteiger charge is -2.13. The van der Waals surface area contributed by atoms with E-state index >= 15 is 0 Å². The maximum atomic E-state index is 13.4. The summed E-state index contributed by atoms with van der Waals surface area (Å²) in [4.78, 5) is 17.9. The second-order valence-corrected chi connectivity index (χ2v) is 10.6. The number of halogens is 5. The van der Waals surface area contributed by atoms with Crippen molar-refractivity contribution in [1.82, 2.24) is 9.66 Å². The van der Waals surface area contributed by atoms with Gasteiger partial charge in [-0.25, -0.2) is 4.98 Å². The first-order valence-corrected chi connectivity index (χ1v) is 13.7. The highest BCUT2D eigenvalue weighted by molar-refractivity contribution is 9.11. The Morgan fingerprint density at radius 3 is 2.51 bits per heavy atom. The lowest BCUT2D eigenvalue weighted by Crippen LogP contribution is -2.20. The van der Waals surface area contributed by atoms with E-state index < -0.39 is 17.3 Å². The molecule has 6 nitrogen and oxygen atoms in total. The van der Waals surface area contributed by atoms with Crippen LogP contribution in [-0.4, -0.2) is 23.0 Å². The van der Waals surface area contributed by atoms with Gasteiger partial charge >= 0.3 is 6.18 Å². The summed E-state index contributed by atoms with van der Waals surface area (Å²) in [7, 11) is 1.50. The lowest BCUT2D eigenvalue weighted by molar-refractivity contribution is -0.137. The molecule has 0 atom stereocenters. The van der Waals surface area contributed by atoms with Crippen molar-refractivity contribution in [3.05, 3.63) is 121 Å². The summed E-state index contributed by atoms with van der Waals surface area (Å²) in [5.41, 5.74) is 0.562. The SMILES string of the molecule is COc1cc(C=Nn2c(-c3cccc(C(F)(F)F)c3)nc3ccccc3c2=O)ccc1OCc1ccc(Br)cc1Br. The smallest absolute Gasteiger partial charge is 0.416 e. The van der Waals surface area contributed by atoms with Crippen LogP contribution in [0, 0.1) is 0 Å². The number of ether oxygens (including phenoxy) is 2. The average Bonchev–Trinajstić information content (AvgIpc) is 2.96. The Bertz CT molecular complexity index is 1840. The number of hydrogen-bond donors (Lipinski definition) is 0. The van der Waals surface area contributed by atoms with E-state index in [2.05, 4.69) is 41.9 Å². The molecule has 4 aromatic carbocycles. The molecule has 11 heteroatoms.